The first-order valence-corrected chi connectivity index (χ1v) is 12.6. The largest absolute Gasteiger partial charge is 0.351 e. The molecule has 1 aliphatic heterocycles. The summed E-state index contributed by atoms with van der Waals surface area (Å²) in [5.41, 5.74) is 4.72. The molecule has 0 saturated carbocycles. The maximum Gasteiger partial charge on any atom is 0.270 e. The number of H-pyrrole nitrogens is 1. The molecular weight excluding hydrogens is 406 g/mol. The average Bonchev–Trinajstić information content (AvgIpc) is 3.26. The highest BCUT2D eigenvalue weighted by atomic mass is 16.2. The second-order valence-electron chi connectivity index (χ2n) is 10.2. The summed E-state index contributed by atoms with van der Waals surface area (Å²) in [7, 11) is 0. The molecule has 1 aromatic heterocycles. The van der Waals surface area contributed by atoms with Gasteiger partial charge in [-0.05, 0) is 88.7 Å². The number of hydrogen-bond acceptors (Lipinski definition) is 2. The first-order chi connectivity index (χ1) is 15.9. The number of benzene rings is 2. The molecule has 0 radical (unpaired) electrons. The number of nitrogens with one attached hydrogen (secondary N) is 1. The van der Waals surface area contributed by atoms with Gasteiger partial charge in [0.05, 0.1) is 0 Å². The molecule has 1 N–H and O–H groups in total. The van der Waals surface area contributed by atoms with Crippen LogP contribution in [0.5, 0.6) is 0 Å². The van der Waals surface area contributed by atoms with Crippen molar-refractivity contribution in [3.8, 4) is 0 Å². The van der Waals surface area contributed by atoms with E-state index in [4.69, 9.17) is 0 Å². The molecule has 1 aliphatic rings. The van der Waals surface area contributed by atoms with Gasteiger partial charge in [-0.2, -0.15) is 0 Å². The number of rotatable bonds is 8. The molecule has 0 spiro atoms. The van der Waals surface area contributed by atoms with Crippen LogP contribution in [0, 0.1) is 5.92 Å². The summed E-state index contributed by atoms with van der Waals surface area (Å²) in [4.78, 5) is 21.2. The molecule has 4 rings (SSSR count). The Hall–Kier alpha value is -2.59. The third-order valence-electron chi connectivity index (χ3n) is 7.41. The topological polar surface area (TPSA) is 39.3 Å². The van der Waals surface area contributed by atoms with Crippen LogP contribution >= 0.6 is 0 Å². The van der Waals surface area contributed by atoms with E-state index in [-0.39, 0.29) is 11.4 Å². The van der Waals surface area contributed by atoms with Crippen molar-refractivity contribution in [2.45, 2.75) is 58.9 Å². The van der Waals surface area contributed by atoms with Gasteiger partial charge in [-0.15, -0.1) is 0 Å². The Kier molecular flexibility index (Phi) is 7.23. The number of likely N-dealkylation sites (tertiary alicyclic amines) is 1. The lowest BCUT2D eigenvalue weighted by atomic mass is 9.87. The van der Waals surface area contributed by atoms with E-state index in [1.807, 2.05) is 29.2 Å². The summed E-state index contributed by atoms with van der Waals surface area (Å²) in [5, 5.41) is 1.09. The summed E-state index contributed by atoms with van der Waals surface area (Å²) >= 11 is 0. The van der Waals surface area contributed by atoms with Gasteiger partial charge in [-0.25, -0.2) is 0 Å². The van der Waals surface area contributed by atoms with Crippen molar-refractivity contribution in [2.75, 3.05) is 26.2 Å². The molecule has 0 bridgehead atoms. The van der Waals surface area contributed by atoms with Gasteiger partial charge < -0.3 is 9.88 Å². The third-order valence-corrected chi connectivity index (χ3v) is 7.41. The Balaban J connectivity index is 1.34. The normalized spacial score (nSPS) is 15.8. The van der Waals surface area contributed by atoms with Gasteiger partial charge in [0.1, 0.15) is 5.69 Å². The maximum absolute atomic E-state index is 13.2. The smallest absolute Gasteiger partial charge is 0.270 e. The molecule has 0 aliphatic carbocycles. The minimum atomic E-state index is 0.118. The Morgan fingerprint density at radius 3 is 2.45 bits per heavy atom. The van der Waals surface area contributed by atoms with E-state index in [9.17, 15) is 4.79 Å². The lowest BCUT2D eigenvalue weighted by molar-refractivity contribution is 0.0546. The molecule has 1 fully saturated rings. The molecule has 0 unspecified atom stereocenters. The van der Waals surface area contributed by atoms with Crippen LogP contribution in [-0.4, -0.2) is 52.4 Å². The van der Waals surface area contributed by atoms with Crippen molar-refractivity contribution in [1.82, 2.24) is 14.8 Å². The number of aromatic amines is 1. The predicted molar refractivity (Wildman–Crippen MR) is 138 cm³/mol. The molecule has 4 heteroatoms. The van der Waals surface area contributed by atoms with Crippen LogP contribution < -0.4 is 0 Å². The predicted octanol–water partition coefficient (Wildman–Crippen LogP) is 5.93. The maximum atomic E-state index is 13.2. The van der Waals surface area contributed by atoms with Crippen LogP contribution in [0.3, 0.4) is 0 Å². The monoisotopic (exact) mass is 445 g/mol. The summed E-state index contributed by atoms with van der Waals surface area (Å²) < 4.78 is 0. The average molecular weight is 446 g/mol. The van der Waals surface area contributed by atoms with E-state index in [1.165, 1.54) is 11.1 Å². The zero-order valence-corrected chi connectivity index (χ0v) is 20.7. The molecular formula is C29H39N3O. The van der Waals surface area contributed by atoms with Crippen LogP contribution in [0.1, 0.15) is 62.2 Å². The summed E-state index contributed by atoms with van der Waals surface area (Å²) in [5.74, 6) is 0.681. The highest BCUT2D eigenvalue weighted by Crippen LogP contribution is 2.28. The summed E-state index contributed by atoms with van der Waals surface area (Å²) in [6.07, 6.45) is 4.46. The van der Waals surface area contributed by atoms with Crippen LogP contribution in [0.4, 0.5) is 0 Å². The van der Waals surface area contributed by atoms with E-state index >= 15 is 0 Å². The van der Waals surface area contributed by atoms with Crippen molar-refractivity contribution >= 4 is 16.8 Å². The highest BCUT2D eigenvalue weighted by Gasteiger charge is 2.32. The first-order valence-electron chi connectivity index (χ1n) is 12.6. The number of nitrogens with zero attached hydrogens (tertiary/aromatic N) is 2. The van der Waals surface area contributed by atoms with E-state index in [0.29, 0.717) is 11.6 Å². The molecule has 33 heavy (non-hydrogen) atoms. The molecule has 2 aromatic carbocycles. The van der Waals surface area contributed by atoms with Gasteiger partial charge in [-0.1, -0.05) is 49.4 Å². The molecule has 3 aromatic rings. The zero-order chi connectivity index (χ0) is 23.4. The fraction of sp³-hybridized carbons (Fsp3) is 0.483. The minimum absolute atomic E-state index is 0.118. The number of amides is 1. The summed E-state index contributed by atoms with van der Waals surface area (Å²) in [6, 6.07) is 19.1. The number of carbonyl (C=O) groups excluding carboxylic acids is 1. The van der Waals surface area contributed by atoms with Gasteiger partial charge in [-0.3, -0.25) is 9.69 Å². The van der Waals surface area contributed by atoms with E-state index < -0.39 is 0 Å². The van der Waals surface area contributed by atoms with Crippen molar-refractivity contribution in [3.05, 3.63) is 71.4 Å². The van der Waals surface area contributed by atoms with Gasteiger partial charge in [0, 0.05) is 29.5 Å². The second kappa shape index (κ2) is 10.1. The Morgan fingerprint density at radius 2 is 1.76 bits per heavy atom. The Morgan fingerprint density at radius 1 is 1.03 bits per heavy atom. The minimum Gasteiger partial charge on any atom is -0.351 e. The Bertz CT molecular complexity index is 1040. The van der Waals surface area contributed by atoms with Gasteiger partial charge in [0.15, 0.2) is 0 Å². The van der Waals surface area contributed by atoms with Crippen LogP contribution in [0.15, 0.2) is 54.6 Å². The van der Waals surface area contributed by atoms with Crippen molar-refractivity contribution in [3.63, 3.8) is 0 Å². The van der Waals surface area contributed by atoms with E-state index in [0.717, 1.165) is 62.8 Å². The van der Waals surface area contributed by atoms with Crippen molar-refractivity contribution in [2.24, 2.45) is 5.92 Å². The van der Waals surface area contributed by atoms with Crippen LogP contribution in [-0.2, 0) is 12.8 Å². The second-order valence-corrected chi connectivity index (χ2v) is 10.2. The standard InChI is InChI=1S/C29H39N3O/c1-5-22-10-9-11-24(18-22)20-29(3,4)32-16-14-23(15-17-32)21-31(6-2)28(33)27-19-25-12-7-8-13-26(25)30-27/h7-13,18-19,23,30H,5-6,14-17,20-21H2,1-4H3. The van der Waals surface area contributed by atoms with Gasteiger partial charge in [0.25, 0.3) is 5.91 Å². The van der Waals surface area contributed by atoms with Gasteiger partial charge in [0.2, 0.25) is 0 Å². The zero-order valence-electron chi connectivity index (χ0n) is 20.7. The Labute approximate surface area is 199 Å². The number of hydrogen-bond donors (Lipinski definition) is 1. The molecule has 2 heterocycles. The third kappa shape index (κ3) is 5.50. The quantitative estimate of drug-likeness (QED) is 0.467. The molecule has 1 saturated heterocycles. The molecule has 1 amide bonds. The van der Waals surface area contributed by atoms with Gasteiger partial charge >= 0.3 is 0 Å². The van der Waals surface area contributed by atoms with Crippen molar-refractivity contribution in [1.29, 1.82) is 0 Å². The number of piperidine rings is 1. The molecule has 0 atom stereocenters. The fourth-order valence-corrected chi connectivity index (χ4v) is 5.32. The van der Waals surface area contributed by atoms with E-state index in [1.54, 1.807) is 0 Å². The SMILES string of the molecule is CCc1cccc(CC(C)(C)N2CCC(CN(CC)C(=O)c3cc4ccccc4[nH]3)CC2)c1. The first kappa shape index (κ1) is 23.6. The van der Waals surface area contributed by atoms with Crippen LogP contribution in [0.2, 0.25) is 0 Å². The number of para-hydroxylation sites is 1. The number of carbonyl (C=O) groups is 1. The fourth-order valence-electron chi connectivity index (χ4n) is 5.32. The lowest BCUT2D eigenvalue weighted by Gasteiger charge is -2.44. The highest BCUT2D eigenvalue weighted by molar-refractivity contribution is 5.98. The van der Waals surface area contributed by atoms with E-state index in [2.05, 4.69) is 67.9 Å². The molecule has 4 nitrogen and oxygen atoms in total. The molecule has 176 valence electrons. The van der Waals surface area contributed by atoms with Crippen LogP contribution in [0.25, 0.3) is 10.9 Å². The lowest BCUT2D eigenvalue weighted by Crippen LogP contribution is -2.50. The number of aryl methyl sites for hydroxylation is 1. The number of aromatic nitrogens is 1. The summed E-state index contributed by atoms with van der Waals surface area (Å²) in [6.45, 7) is 12.9. The number of fused-ring (bicyclic) bond motifs is 1. The van der Waals surface area contributed by atoms with Crippen molar-refractivity contribution < 1.29 is 4.79 Å².